The van der Waals surface area contributed by atoms with Crippen molar-refractivity contribution in [1.29, 1.82) is 0 Å². The molecule has 0 aromatic heterocycles. The summed E-state index contributed by atoms with van der Waals surface area (Å²) in [5, 5.41) is 0. The number of nitrogens with zero attached hydrogens (tertiary/aromatic N) is 1. The van der Waals surface area contributed by atoms with Gasteiger partial charge >= 0.3 is 0 Å². The molecule has 5 heteroatoms. The van der Waals surface area contributed by atoms with Crippen LogP contribution in [0.4, 0.5) is 0 Å². The molecule has 1 aliphatic heterocycles. The number of hydrogen-bond acceptors (Lipinski definition) is 3. The molecule has 1 fully saturated rings. The van der Waals surface area contributed by atoms with Gasteiger partial charge in [0.05, 0.1) is 17.5 Å². The average Bonchev–Trinajstić information content (AvgIpc) is 2.81. The van der Waals surface area contributed by atoms with Crippen molar-refractivity contribution in [3.8, 4) is 0 Å². The van der Waals surface area contributed by atoms with Crippen molar-refractivity contribution < 1.29 is 13.2 Å². The molecule has 1 unspecified atom stereocenters. The van der Waals surface area contributed by atoms with Gasteiger partial charge < -0.3 is 4.74 Å². The summed E-state index contributed by atoms with van der Waals surface area (Å²) in [5.74, 6) is 0. The number of aryl methyl sites for hydroxylation is 1. The van der Waals surface area contributed by atoms with E-state index in [-0.39, 0.29) is 6.04 Å². The summed E-state index contributed by atoms with van der Waals surface area (Å²) in [6, 6.07) is 7.01. The number of rotatable bonds is 3. The Kier molecular flexibility index (Phi) is 3.51. The Bertz CT molecular complexity index is 492. The predicted octanol–water partition coefficient (Wildman–Crippen LogP) is 1.40. The lowest BCUT2D eigenvalue weighted by molar-refractivity contribution is 0.181. The van der Waals surface area contributed by atoms with E-state index in [9.17, 15) is 8.42 Å². The van der Waals surface area contributed by atoms with E-state index in [2.05, 4.69) is 0 Å². The first kappa shape index (κ1) is 12.5. The quantitative estimate of drug-likeness (QED) is 0.820. The van der Waals surface area contributed by atoms with Gasteiger partial charge in [0, 0.05) is 13.7 Å². The van der Waals surface area contributed by atoms with Crippen LogP contribution in [0.15, 0.2) is 29.2 Å². The molecule has 0 aliphatic carbocycles. The molecule has 1 aromatic carbocycles. The fourth-order valence-electron chi connectivity index (χ4n) is 2.01. The van der Waals surface area contributed by atoms with E-state index in [4.69, 9.17) is 4.74 Å². The number of benzene rings is 1. The van der Waals surface area contributed by atoms with E-state index in [0.717, 1.165) is 12.0 Å². The summed E-state index contributed by atoms with van der Waals surface area (Å²) < 4.78 is 31.5. The fraction of sp³-hybridized carbons (Fsp3) is 0.500. The van der Waals surface area contributed by atoms with Crippen LogP contribution in [0.25, 0.3) is 0 Å². The fourth-order valence-corrected chi connectivity index (χ4v) is 3.60. The average molecular weight is 255 g/mol. The smallest absolute Gasteiger partial charge is 0.243 e. The highest BCUT2D eigenvalue weighted by atomic mass is 32.2. The van der Waals surface area contributed by atoms with E-state index < -0.39 is 10.0 Å². The standard InChI is InChI=1S/C12H17NO3S/c1-10-5-3-4-6-12(10)17(14,15)13(2)11-7-8-16-9-11/h3-6,11H,7-9H2,1-2H3. The molecular weight excluding hydrogens is 238 g/mol. The second-order valence-corrected chi connectivity index (χ2v) is 6.27. The molecule has 1 saturated heterocycles. The highest BCUT2D eigenvalue weighted by Gasteiger charge is 2.31. The number of ether oxygens (including phenoxy) is 1. The Balaban J connectivity index is 2.33. The molecule has 1 aliphatic rings. The maximum atomic E-state index is 12.4. The van der Waals surface area contributed by atoms with Crippen LogP contribution in [-0.2, 0) is 14.8 Å². The van der Waals surface area contributed by atoms with Crippen molar-refractivity contribution in [2.75, 3.05) is 20.3 Å². The van der Waals surface area contributed by atoms with E-state index in [0.29, 0.717) is 18.1 Å². The Morgan fingerprint density at radius 1 is 1.35 bits per heavy atom. The van der Waals surface area contributed by atoms with Crippen molar-refractivity contribution in [2.24, 2.45) is 0 Å². The minimum absolute atomic E-state index is 0.0420. The summed E-state index contributed by atoms with van der Waals surface area (Å²) in [5.41, 5.74) is 0.776. The third-order valence-electron chi connectivity index (χ3n) is 3.17. The zero-order valence-electron chi connectivity index (χ0n) is 10.1. The van der Waals surface area contributed by atoms with Gasteiger partial charge in [-0.1, -0.05) is 18.2 Å². The van der Waals surface area contributed by atoms with Crippen LogP contribution in [0.1, 0.15) is 12.0 Å². The molecule has 0 spiro atoms. The molecule has 0 radical (unpaired) electrons. The van der Waals surface area contributed by atoms with Crippen molar-refractivity contribution in [1.82, 2.24) is 4.31 Å². The maximum absolute atomic E-state index is 12.4. The third kappa shape index (κ3) is 2.36. The van der Waals surface area contributed by atoms with Gasteiger partial charge in [-0.25, -0.2) is 8.42 Å². The van der Waals surface area contributed by atoms with Crippen LogP contribution in [0.3, 0.4) is 0 Å². The van der Waals surface area contributed by atoms with Gasteiger partial charge in [-0.15, -0.1) is 0 Å². The highest BCUT2D eigenvalue weighted by molar-refractivity contribution is 7.89. The molecule has 1 atom stereocenters. The van der Waals surface area contributed by atoms with Crippen LogP contribution < -0.4 is 0 Å². The number of sulfonamides is 1. The number of likely N-dealkylation sites (N-methyl/N-ethyl adjacent to an activating group) is 1. The summed E-state index contributed by atoms with van der Waals surface area (Å²) in [6.07, 6.45) is 0.765. The Morgan fingerprint density at radius 2 is 2.06 bits per heavy atom. The number of hydrogen-bond donors (Lipinski definition) is 0. The summed E-state index contributed by atoms with van der Waals surface area (Å²) in [6.45, 7) is 2.94. The van der Waals surface area contributed by atoms with Gasteiger partial charge in [-0.2, -0.15) is 4.31 Å². The molecular formula is C12H17NO3S. The van der Waals surface area contributed by atoms with E-state index in [1.807, 2.05) is 19.1 Å². The van der Waals surface area contributed by atoms with Crippen molar-refractivity contribution >= 4 is 10.0 Å². The molecule has 94 valence electrons. The van der Waals surface area contributed by atoms with E-state index in [1.54, 1.807) is 19.2 Å². The summed E-state index contributed by atoms with van der Waals surface area (Å²) in [4.78, 5) is 0.384. The lowest BCUT2D eigenvalue weighted by Gasteiger charge is -2.23. The van der Waals surface area contributed by atoms with Crippen LogP contribution in [0, 0.1) is 6.92 Å². The molecule has 17 heavy (non-hydrogen) atoms. The molecule has 4 nitrogen and oxygen atoms in total. The molecule has 0 N–H and O–H groups in total. The second-order valence-electron chi connectivity index (χ2n) is 4.30. The van der Waals surface area contributed by atoms with Crippen LogP contribution in [0.5, 0.6) is 0 Å². The van der Waals surface area contributed by atoms with Gasteiger partial charge in [0.2, 0.25) is 10.0 Å². The molecule has 0 amide bonds. The molecule has 0 saturated carbocycles. The van der Waals surface area contributed by atoms with Gasteiger partial charge in [0.1, 0.15) is 0 Å². The second kappa shape index (κ2) is 4.76. The van der Waals surface area contributed by atoms with Crippen LogP contribution in [0.2, 0.25) is 0 Å². The predicted molar refractivity (Wildman–Crippen MR) is 65.4 cm³/mol. The Morgan fingerprint density at radius 3 is 2.65 bits per heavy atom. The monoisotopic (exact) mass is 255 g/mol. The summed E-state index contributed by atoms with van der Waals surface area (Å²) in [7, 11) is -1.77. The zero-order valence-corrected chi connectivity index (χ0v) is 10.9. The lowest BCUT2D eigenvalue weighted by atomic mass is 10.2. The lowest BCUT2D eigenvalue weighted by Crippen LogP contribution is -2.37. The van der Waals surface area contributed by atoms with Gasteiger partial charge in [-0.3, -0.25) is 0 Å². The van der Waals surface area contributed by atoms with Crippen LogP contribution in [-0.4, -0.2) is 39.0 Å². The Labute approximate surface area is 102 Å². The Hall–Kier alpha value is -0.910. The van der Waals surface area contributed by atoms with E-state index in [1.165, 1.54) is 4.31 Å². The van der Waals surface area contributed by atoms with Gasteiger partial charge in [0.15, 0.2) is 0 Å². The maximum Gasteiger partial charge on any atom is 0.243 e. The van der Waals surface area contributed by atoms with E-state index >= 15 is 0 Å². The minimum Gasteiger partial charge on any atom is -0.380 e. The van der Waals surface area contributed by atoms with Crippen molar-refractivity contribution in [3.63, 3.8) is 0 Å². The topological polar surface area (TPSA) is 46.6 Å². The van der Waals surface area contributed by atoms with Crippen molar-refractivity contribution in [3.05, 3.63) is 29.8 Å². The normalized spacial score (nSPS) is 21.0. The largest absolute Gasteiger partial charge is 0.380 e. The van der Waals surface area contributed by atoms with Gasteiger partial charge in [0.25, 0.3) is 0 Å². The van der Waals surface area contributed by atoms with Crippen LogP contribution >= 0.6 is 0 Å². The zero-order chi connectivity index (χ0) is 12.5. The third-order valence-corrected chi connectivity index (χ3v) is 5.24. The highest BCUT2D eigenvalue weighted by Crippen LogP contribution is 2.22. The first-order chi connectivity index (χ1) is 8.03. The molecule has 1 heterocycles. The first-order valence-electron chi connectivity index (χ1n) is 5.65. The SMILES string of the molecule is Cc1ccccc1S(=O)(=O)N(C)C1CCOC1. The first-order valence-corrected chi connectivity index (χ1v) is 7.09. The molecule has 2 rings (SSSR count). The molecule has 1 aromatic rings. The summed E-state index contributed by atoms with van der Waals surface area (Å²) >= 11 is 0. The van der Waals surface area contributed by atoms with Crippen molar-refractivity contribution in [2.45, 2.75) is 24.3 Å². The van der Waals surface area contributed by atoms with Gasteiger partial charge in [-0.05, 0) is 25.0 Å². The minimum atomic E-state index is -3.40. The molecule has 0 bridgehead atoms.